The van der Waals surface area contributed by atoms with Gasteiger partial charge in [-0.3, -0.25) is 29.0 Å². The van der Waals surface area contributed by atoms with Crippen LogP contribution in [0.1, 0.15) is 36.0 Å². The molecule has 3 aliphatic rings. The summed E-state index contributed by atoms with van der Waals surface area (Å²) in [5.74, 6) is -1.49. The molecule has 7 rings (SSSR count). The van der Waals surface area contributed by atoms with E-state index in [2.05, 4.69) is 36.1 Å². The Kier molecular flexibility index (Phi) is 12.3. The number of nitrogens with zero attached hydrogens (tertiary/aromatic N) is 2. The van der Waals surface area contributed by atoms with Crippen LogP contribution >= 0.6 is 0 Å². The molecule has 4 heterocycles. The number of para-hydroxylation sites is 1. The highest BCUT2D eigenvalue weighted by Crippen LogP contribution is 2.22. The van der Waals surface area contributed by atoms with Crippen LogP contribution < -0.4 is 21.3 Å². The lowest BCUT2D eigenvalue weighted by atomic mass is 9.98. The molecule has 0 aliphatic carbocycles. The quantitative estimate of drug-likeness (QED) is 0.187. The number of nitrogens with one attached hydrogen (secondary N) is 5. The van der Waals surface area contributed by atoms with E-state index < -0.39 is 36.0 Å². The van der Waals surface area contributed by atoms with Crippen molar-refractivity contribution >= 4 is 34.5 Å². The Morgan fingerprint density at radius 3 is 1.98 bits per heavy atom. The van der Waals surface area contributed by atoms with Crippen molar-refractivity contribution in [2.45, 2.75) is 68.7 Å². The number of morpholine rings is 1. The second kappa shape index (κ2) is 17.9. The van der Waals surface area contributed by atoms with Gasteiger partial charge in [0.1, 0.15) is 12.1 Å². The number of carbonyl (C=O) groups excluding carboxylic acids is 4. The molecule has 0 saturated carbocycles. The van der Waals surface area contributed by atoms with Crippen LogP contribution in [0.5, 0.6) is 0 Å². The van der Waals surface area contributed by atoms with E-state index in [4.69, 9.17) is 4.74 Å². The predicted molar refractivity (Wildman–Crippen MR) is 206 cm³/mol. The minimum Gasteiger partial charge on any atom is -0.379 e. The van der Waals surface area contributed by atoms with Crippen molar-refractivity contribution < 1.29 is 23.9 Å². The number of H-pyrrole nitrogens is 1. The third-order valence-corrected chi connectivity index (χ3v) is 11.0. The lowest BCUT2D eigenvalue weighted by Crippen LogP contribution is -2.60. The summed E-state index contributed by atoms with van der Waals surface area (Å²) < 4.78 is 5.57. The van der Waals surface area contributed by atoms with E-state index in [0.29, 0.717) is 25.6 Å². The second-order valence-corrected chi connectivity index (χ2v) is 14.7. The van der Waals surface area contributed by atoms with Crippen molar-refractivity contribution in [2.75, 3.05) is 45.9 Å². The van der Waals surface area contributed by atoms with Gasteiger partial charge < -0.3 is 31.0 Å². The van der Waals surface area contributed by atoms with E-state index in [0.717, 1.165) is 66.7 Å². The van der Waals surface area contributed by atoms with Crippen LogP contribution in [0.25, 0.3) is 10.9 Å². The molecule has 4 aromatic rings. The normalized spacial score (nSPS) is 24.6. The molecule has 4 atom stereocenters. The van der Waals surface area contributed by atoms with Crippen LogP contribution in [0.15, 0.2) is 91.1 Å². The van der Waals surface area contributed by atoms with E-state index in [1.807, 2.05) is 91.1 Å². The Morgan fingerprint density at radius 2 is 1.26 bits per heavy atom. The number of aromatic nitrogens is 1. The SMILES string of the molecule is O=C1C[C@@H](N2CCC(N3CCOCC3)CC2)C(=O)NC[C@@H](Cc2ccccc2)NC(=O)[C@H](Cc2ccccc2)NC(=O)[C@H](Cc2c[nH]c3ccccc23)N1. The number of aromatic amines is 1. The number of amides is 4. The van der Waals surface area contributed by atoms with Gasteiger partial charge in [-0.2, -0.15) is 0 Å². The number of fused-ring (bicyclic) bond motifs is 1. The summed E-state index contributed by atoms with van der Waals surface area (Å²) in [6.07, 6.45) is 4.43. The number of hydrogen-bond acceptors (Lipinski definition) is 7. The van der Waals surface area contributed by atoms with Crippen molar-refractivity contribution in [3.63, 3.8) is 0 Å². The summed E-state index contributed by atoms with van der Waals surface area (Å²) in [5, 5.41) is 13.2. The summed E-state index contributed by atoms with van der Waals surface area (Å²) in [6, 6.07) is 24.4. The molecule has 54 heavy (non-hydrogen) atoms. The molecule has 0 radical (unpaired) electrons. The van der Waals surface area contributed by atoms with Crippen LogP contribution in [0.3, 0.4) is 0 Å². The Bertz CT molecular complexity index is 1870. The zero-order valence-corrected chi connectivity index (χ0v) is 30.7. The Balaban J connectivity index is 1.17. The smallest absolute Gasteiger partial charge is 0.243 e. The Morgan fingerprint density at radius 1 is 0.630 bits per heavy atom. The van der Waals surface area contributed by atoms with Gasteiger partial charge in [-0.05, 0) is 42.0 Å². The summed E-state index contributed by atoms with van der Waals surface area (Å²) in [4.78, 5) is 64.6. The standard InChI is InChI=1S/C42H51N7O5/c50-39-26-38(49-17-15-33(16-18-49)48-19-21-54-22-20-48)42(53)44-28-32(23-29-9-3-1-4-10-29)45-40(51)36(24-30-11-5-2-6-12-30)47-41(52)37(46-39)25-31-27-43-35-14-8-7-13-34(31)35/h1-14,27,32-33,36-38,43H,15-26,28H2,(H,44,53)(H,45,51)(H,46,50)(H,47,52)/t32-,36+,37+,38-/m1/s1. The molecule has 0 spiro atoms. The predicted octanol–water partition coefficient (Wildman–Crippen LogP) is 2.34. The molecule has 0 unspecified atom stereocenters. The van der Waals surface area contributed by atoms with E-state index >= 15 is 0 Å². The number of hydrogen-bond donors (Lipinski definition) is 5. The van der Waals surface area contributed by atoms with Crippen molar-refractivity contribution in [2.24, 2.45) is 0 Å². The van der Waals surface area contributed by atoms with Gasteiger partial charge in [0.05, 0.1) is 31.7 Å². The first-order valence-electron chi connectivity index (χ1n) is 19.3. The first kappa shape index (κ1) is 37.3. The second-order valence-electron chi connectivity index (χ2n) is 14.7. The van der Waals surface area contributed by atoms with Crippen molar-refractivity contribution in [3.8, 4) is 0 Å². The van der Waals surface area contributed by atoms with Crippen molar-refractivity contribution in [1.29, 1.82) is 0 Å². The average molecular weight is 734 g/mol. The van der Waals surface area contributed by atoms with Gasteiger partial charge in [0.25, 0.3) is 0 Å². The van der Waals surface area contributed by atoms with Gasteiger partial charge in [0.2, 0.25) is 23.6 Å². The van der Waals surface area contributed by atoms with E-state index in [-0.39, 0.29) is 37.6 Å². The minimum absolute atomic E-state index is 0.102. The van der Waals surface area contributed by atoms with E-state index in [9.17, 15) is 19.2 Å². The monoisotopic (exact) mass is 733 g/mol. The summed E-state index contributed by atoms with van der Waals surface area (Å²) >= 11 is 0. The van der Waals surface area contributed by atoms with Gasteiger partial charge in [0.15, 0.2) is 0 Å². The molecule has 12 nitrogen and oxygen atoms in total. The largest absolute Gasteiger partial charge is 0.379 e. The maximum atomic E-state index is 14.3. The number of piperidine rings is 1. The van der Waals surface area contributed by atoms with Gasteiger partial charge in [-0.1, -0.05) is 78.9 Å². The third-order valence-electron chi connectivity index (χ3n) is 11.0. The molecule has 5 N–H and O–H groups in total. The molecule has 12 heteroatoms. The van der Waals surface area contributed by atoms with E-state index in [1.165, 1.54) is 0 Å². The molecule has 3 saturated heterocycles. The molecule has 3 aliphatic heterocycles. The van der Waals surface area contributed by atoms with Crippen molar-refractivity contribution in [3.05, 3.63) is 108 Å². The summed E-state index contributed by atoms with van der Waals surface area (Å²) in [6.45, 7) is 4.75. The molecular weight excluding hydrogens is 683 g/mol. The van der Waals surface area contributed by atoms with E-state index in [1.54, 1.807) is 0 Å². The molecular formula is C42H51N7O5. The first-order chi connectivity index (χ1) is 26.4. The van der Waals surface area contributed by atoms with Crippen LogP contribution in [-0.4, -0.2) is 115 Å². The molecule has 4 amide bonds. The Hall–Kier alpha value is -5.04. The molecule has 3 fully saturated rings. The average Bonchev–Trinajstić information content (AvgIpc) is 3.61. The number of likely N-dealkylation sites (tertiary alicyclic amines) is 1. The lowest BCUT2D eigenvalue weighted by Gasteiger charge is -2.42. The Labute approximate surface area is 316 Å². The van der Waals surface area contributed by atoms with Crippen LogP contribution in [0.2, 0.25) is 0 Å². The zero-order chi connectivity index (χ0) is 37.3. The van der Waals surface area contributed by atoms with Crippen LogP contribution in [0.4, 0.5) is 0 Å². The van der Waals surface area contributed by atoms with Gasteiger partial charge in [-0.25, -0.2) is 0 Å². The number of benzene rings is 3. The fourth-order valence-electron chi connectivity index (χ4n) is 8.10. The lowest BCUT2D eigenvalue weighted by molar-refractivity contribution is -0.135. The fraction of sp³-hybridized carbons (Fsp3) is 0.429. The number of carbonyl (C=O) groups is 4. The highest BCUT2D eigenvalue weighted by atomic mass is 16.5. The third kappa shape index (κ3) is 9.54. The maximum absolute atomic E-state index is 14.3. The highest BCUT2D eigenvalue weighted by molar-refractivity contribution is 5.95. The van der Waals surface area contributed by atoms with Gasteiger partial charge in [-0.15, -0.1) is 0 Å². The molecule has 1 aromatic heterocycles. The maximum Gasteiger partial charge on any atom is 0.243 e. The zero-order valence-electron chi connectivity index (χ0n) is 30.7. The highest BCUT2D eigenvalue weighted by Gasteiger charge is 2.36. The van der Waals surface area contributed by atoms with Gasteiger partial charge >= 0.3 is 0 Å². The summed E-state index contributed by atoms with van der Waals surface area (Å²) in [7, 11) is 0. The van der Waals surface area contributed by atoms with Crippen LogP contribution in [0, 0.1) is 0 Å². The molecule has 284 valence electrons. The molecule has 0 bridgehead atoms. The fourth-order valence-corrected chi connectivity index (χ4v) is 8.10. The number of ether oxygens (including phenoxy) is 1. The minimum atomic E-state index is -0.999. The summed E-state index contributed by atoms with van der Waals surface area (Å²) in [5.41, 5.74) is 3.66. The van der Waals surface area contributed by atoms with Gasteiger partial charge in [0, 0.05) is 68.7 Å². The molecule has 3 aromatic carbocycles. The first-order valence-corrected chi connectivity index (χ1v) is 19.3. The van der Waals surface area contributed by atoms with Crippen molar-refractivity contribution in [1.82, 2.24) is 36.1 Å². The van der Waals surface area contributed by atoms with Crippen LogP contribution in [-0.2, 0) is 43.2 Å². The topological polar surface area (TPSA) is 148 Å². The number of rotatable bonds is 8.